The maximum absolute atomic E-state index is 13.1. The van der Waals surface area contributed by atoms with E-state index >= 15 is 0 Å². The Morgan fingerprint density at radius 2 is 1.80 bits per heavy atom. The number of nitrogens with zero attached hydrogens (tertiary/aromatic N) is 1. The lowest BCUT2D eigenvalue weighted by Crippen LogP contribution is -2.50. The van der Waals surface area contributed by atoms with Crippen LogP contribution in [0.2, 0.25) is 5.02 Å². The number of hydrogen-bond acceptors (Lipinski definition) is 3. The molecule has 0 aromatic heterocycles. The summed E-state index contributed by atoms with van der Waals surface area (Å²) in [5.41, 5.74) is 3.27. The van der Waals surface area contributed by atoms with Crippen LogP contribution in [0.3, 0.4) is 0 Å². The number of hydrogen-bond donors (Lipinski definition) is 1. The summed E-state index contributed by atoms with van der Waals surface area (Å²) in [6, 6.07) is 15.2. The molecule has 0 spiro atoms. The van der Waals surface area contributed by atoms with Crippen LogP contribution < -0.4 is 5.32 Å². The molecule has 162 valence electrons. The van der Waals surface area contributed by atoms with Gasteiger partial charge in [0.05, 0.1) is 5.75 Å². The zero-order valence-electron chi connectivity index (χ0n) is 18.2. The van der Waals surface area contributed by atoms with Crippen LogP contribution in [0.4, 0.5) is 0 Å². The summed E-state index contributed by atoms with van der Waals surface area (Å²) in [5.74, 6) is 0.875. The van der Waals surface area contributed by atoms with Crippen molar-refractivity contribution in [3.05, 3.63) is 70.2 Å². The van der Waals surface area contributed by atoms with Crippen LogP contribution in [-0.2, 0) is 21.9 Å². The van der Waals surface area contributed by atoms with Crippen molar-refractivity contribution in [3.63, 3.8) is 0 Å². The second-order valence-electron chi connectivity index (χ2n) is 7.62. The Hall–Kier alpha value is -1.98. The first-order valence-electron chi connectivity index (χ1n) is 10.3. The van der Waals surface area contributed by atoms with Gasteiger partial charge in [0.2, 0.25) is 11.8 Å². The van der Waals surface area contributed by atoms with Crippen molar-refractivity contribution in [2.45, 2.75) is 58.5 Å². The third kappa shape index (κ3) is 7.69. The molecule has 2 amide bonds. The summed E-state index contributed by atoms with van der Waals surface area (Å²) in [7, 11) is 0. The van der Waals surface area contributed by atoms with Gasteiger partial charge in [-0.2, -0.15) is 0 Å². The van der Waals surface area contributed by atoms with Gasteiger partial charge in [0.25, 0.3) is 0 Å². The molecule has 1 N–H and O–H groups in total. The van der Waals surface area contributed by atoms with Gasteiger partial charge in [-0.1, -0.05) is 60.5 Å². The molecule has 0 bridgehead atoms. The van der Waals surface area contributed by atoms with Gasteiger partial charge in [-0.05, 0) is 50.5 Å². The predicted octanol–water partition coefficient (Wildman–Crippen LogP) is 5.21. The molecular weight excluding hydrogens is 416 g/mol. The van der Waals surface area contributed by atoms with Crippen LogP contribution in [0, 0.1) is 6.92 Å². The van der Waals surface area contributed by atoms with Crippen molar-refractivity contribution in [1.29, 1.82) is 0 Å². The molecule has 2 aromatic carbocycles. The Morgan fingerprint density at radius 1 is 1.10 bits per heavy atom. The van der Waals surface area contributed by atoms with Crippen molar-refractivity contribution >= 4 is 35.2 Å². The van der Waals surface area contributed by atoms with E-state index in [0.717, 1.165) is 23.1 Å². The van der Waals surface area contributed by atoms with Gasteiger partial charge in [-0.25, -0.2) is 0 Å². The number of carbonyl (C=O) groups excluding carboxylic acids is 2. The molecule has 2 atom stereocenters. The van der Waals surface area contributed by atoms with E-state index in [1.54, 1.807) is 23.6 Å². The normalized spacial score (nSPS) is 12.8. The number of nitrogens with one attached hydrogen (secondary N) is 1. The Morgan fingerprint density at radius 3 is 2.43 bits per heavy atom. The van der Waals surface area contributed by atoms with E-state index in [0.29, 0.717) is 23.1 Å². The van der Waals surface area contributed by atoms with Gasteiger partial charge in [0.15, 0.2) is 0 Å². The minimum atomic E-state index is -0.539. The lowest BCUT2D eigenvalue weighted by atomic mass is 10.1. The largest absolute Gasteiger partial charge is 0.352 e. The fourth-order valence-corrected chi connectivity index (χ4v) is 3.97. The SMILES string of the molecule is CCC(C)NC(=O)C(C)N(Cc1cccc(C)c1)C(=O)CSCc1ccc(Cl)cc1. The third-order valence-electron chi connectivity index (χ3n) is 5.01. The lowest BCUT2D eigenvalue weighted by Gasteiger charge is -2.29. The summed E-state index contributed by atoms with van der Waals surface area (Å²) in [5, 5.41) is 3.70. The van der Waals surface area contributed by atoms with Crippen LogP contribution in [-0.4, -0.2) is 34.6 Å². The number of benzene rings is 2. The number of rotatable bonds is 10. The Kier molecular flexibility index (Phi) is 9.73. The van der Waals surface area contributed by atoms with E-state index in [9.17, 15) is 9.59 Å². The summed E-state index contributed by atoms with van der Waals surface area (Å²) < 4.78 is 0. The summed E-state index contributed by atoms with van der Waals surface area (Å²) in [6.45, 7) is 8.24. The van der Waals surface area contributed by atoms with Crippen LogP contribution in [0.25, 0.3) is 0 Å². The fourth-order valence-electron chi connectivity index (χ4n) is 2.98. The van der Waals surface area contributed by atoms with E-state index in [1.807, 2.05) is 63.2 Å². The fraction of sp³-hybridized carbons (Fsp3) is 0.417. The third-order valence-corrected chi connectivity index (χ3v) is 6.25. The lowest BCUT2D eigenvalue weighted by molar-refractivity contribution is -0.138. The van der Waals surface area contributed by atoms with Gasteiger partial charge in [0.1, 0.15) is 6.04 Å². The molecule has 2 aromatic rings. The monoisotopic (exact) mass is 446 g/mol. The molecule has 0 saturated carbocycles. The molecule has 4 nitrogen and oxygen atoms in total. The van der Waals surface area contributed by atoms with Crippen LogP contribution in [0.5, 0.6) is 0 Å². The van der Waals surface area contributed by atoms with Crippen LogP contribution in [0.1, 0.15) is 43.9 Å². The van der Waals surface area contributed by atoms with Gasteiger partial charge in [-0.3, -0.25) is 9.59 Å². The highest BCUT2D eigenvalue weighted by molar-refractivity contribution is 7.99. The zero-order valence-corrected chi connectivity index (χ0v) is 19.7. The maximum Gasteiger partial charge on any atom is 0.242 e. The van der Waals surface area contributed by atoms with Gasteiger partial charge >= 0.3 is 0 Å². The average Bonchev–Trinajstić information content (AvgIpc) is 2.72. The Balaban J connectivity index is 2.07. The average molecular weight is 447 g/mol. The van der Waals surface area contributed by atoms with Gasteiger partial charge < -0.3 is 10.2 Å². The van der Waals surface area contributed by atoms with Gasteiger partial charge in [0, 0.05) is 23.4 Å². The molecular formula is C24H31ClN2O2S. The van der Waals surface area contributed by atoms with Crippen molar-refractivity contribution < 1.29 is 9.59 Å². The second-order valence-corrected chi connectivity index (χ2v) is 9.05. The van der Waals surface area contributed by atoms with E-state index in [2.05, 4.69) is 11.4 Å². The maximum atomic E-state index is 13.1. The molecule has 0 aliphatic heterocycles. The highest BCUT2D eigenvalue weighted by Crippen LogP contribution is 2.18. The second kappa shape index (κ2) is 12.0. The van der Waals surface area contributed by atoms with E-state index in [-0.39, 0.29) is 17.9 Å². The van der Waals surface area contributed by atoms with E-state index < -0.39 is 6.04 Å². The number of aryl methyl sites for hydroxylation is 1. The van der Waals surface area contributed by atoms with Crippen LogP contribution in [0.15, 0.2) is 48.5 Å². The standard InChI is InChI=1S/C24H31ClN2O2S/c1-5-18(3)26-24(29)19(4)27(14-21-8-6-7-17(2)13-21)23(28)16-30-15-20-9-11-22(25)12-10-20/h6-13,18-19H,5,14-16H2,1-4H3,(H,26,29). The topological polar surface area (TPSA) is 49.4 Å². The smallest absolute Gasteiger partial charge is 0.242 e. The first kappa shape index (κ1) is 24.3. The number of carbonyl (C=O) groups is 2. The quantitative estimate of drug-likeness (QED) is 0.544. The molecule has 0 saturated heterocycles. The molecule has 2 rings (SSSR count). The zero-order chi connectivity index (χ0) is 22.1. The molecule has 2 unspecified atom stereocenters. The Labute approximate surface area is 189 Å². The summed E-state index contributed by atoms with van der Waals surface area (Å²) in [4.78, 5) is 27.5. The highest BCUT2D eigenvalue weighted by atomic mass is 35.5. The van der Waals surface area contributed by atoms with Crippen molar-refractivity contribution in [1.82, 2.24) is 10.2 Å². The summed E-state index contributed by atoms with van der Waals surface area (Å²) in [6.07, 6.45) is 0.848. The highest BCUT2D eigenvalue weighted by Gasteiger charge is 2.26. The Bertz CT molecular complexity index is 841. The summed E-state index contributed by atoms with van der Waals surface area (Å²) >= 11 is 7.48. The van der Waals surface area contributed by atoms with E-state index in [1.165, 1.54) is 0 Å². The van der Waals surface area contributed by atoms with E-state index in [4.69, 9.17) is 11.6 Å². The molecule has 0 fully saturated rings. The number of halogens is 1. The molecule has 0 aliphatic carbocycles. The minimum Gasteiger partial charge on any atom is -0.352 e. The number of thioether (sulfide) groups is 1. The predicted molar refractivity (Wildman–Crippen MR) is 127 cm³/mol. The minimum absolute atomic E-state index is 0.0396. The molecule has 30 heavy (non-hydrogen) atoms. The van der Waals surface area contributed by atoms with Crippen LogP contribution >= 0.6 is 23.4 Å². The molecule has 6 heteroatoms. The van der Waals surface area contributed by atoms with Crippen molar-refractivity contribution in [3.8, 4) is 0 Å². The van der Waals surface area contributed by atoms with Crippen molar-refractivity contribution in [2.75, 3.05) is 5.75 Å². The van der Waals surface area contributed by atoms with Crippen molar-refractivity contribution in [2.24, 2.45) is 0 Å². The molecule has 0 aliphatic rings. The molecule has 0 heterocycles. The number of amides is 2. The molecule has 0 radical (unpaired) electrons. The first-order valence-corrected chi connectivity index (χ1v) is 11.8. The van der Waals surface area contributed by atoms with Gasteiger partial charge in [-0.15, -0.1) is 11.8 Å². The first-order chi connectivity index (χ1) is 14.3.